The van der Waals surface area contributed by atoms with Gasteiger partial charge in [-0.05, 0) is 23.3 Å². The van der Waals surface area contributed by atoms with E-state index in [0.29, 0.717) is 12.2 Å². The van der Waals surface area contributed by atoms with E-state index in [1.165, 1.54) is 11.6 Å². The van der Waals surface area contributed by atoms with Crippen molar-refractivity contribution in [1.82, 2.24) is 19.8 Å². The van der Waals surface area contributed by atoms with Crippen molar-refractivity contribution in [2.24, 2.45) is 4.99 Å². The lowest BCUT2D eigenvalue weighted by Crippen LogP contribution is -2.38. The maximum atomic E-state index is 14.3. The van der Waals surface area contributed by atoms with Crippen LogP contribution in [0.1, 0.15) is 11.1 Å². The first kappa shape index (κ1) is 20.9. The molecule has 0 aliphatic heterocycles. The van der Waals surface area contributed by atoms with Crippen molar-refractivity contribution in [2.45, 2.75) is 13.1 Å². The maximum Gasteiger partial charge on any atom is 0.193 e. The van der Waals surface area contributed by atoms with Gasteiger partial charge in [0.05, 0.1) is 12.0 Å². The molecule has 0 saturated carbocycles. The van der Waals surface area contributed by atoms with Crippen molar-refractivity contribution in [2.75, 3.05) is 14.1 Å². The number of rotatable bonds is 5. The molecule has 0 aliphatic carbocycles. The molecule has 1 N–H and O–H groups in total. The summed E-state index contributed by atoms with van der Waals surface area (Å²) in [6.45, 7) is 1.24. The minimum Gasteiger partial charge on any atom is -0.352 e. The summed E-state index contributed by atoms with van der Waals surface area (Å²) in [5.41, 5.74) is 2.53. The number of halogens is 2. The van der Waals surface area contributed by atoms with Gasteiger partial charge in [-0.2, -0.15) is 0 Å². The van der Waals surface area contributed by atoms with Crippen LogP contribution in [0.5, 0.6) is 0 Å². The third kappa shape index (κ3) is 5.53. The van der Waals surface area contributed by atoms with Crippen LogP contribution in [0.3, 0.4) is 0 Å². The van der Waals surface area contributed by atoms with E-state index >= 15 is 0 Å². The minimum atomic E-state index is -0.282. The fourth-order valence-corrected chi connectivity index (χ4v) is 2.77. The molecule has 7 heteroatoms. The van der Waals surface area contributed by atoms with Gasteiger partial charge in [-0.3, -0.25) is 4.99 Å². The van der Waals surface area contributed by atoms with Crippen LogP contribution < -0.4 is 5.32 Å². The molecule has 0 saturated heterocycles. The van der Waals surface area contributed by atoms with E-state index in [0.717, 1.165) is 18.1 Å². The van der Waals surface area contributed by atoms with Gasteiger partial charge in [0.2, 0.25) is 0 Å². The molecule has 2 aromatic carbocycles. The van der Waals surface area contributed by atoms with Gasteiger partial charge in [0.15, 0.2) is 5.96 Å². The molecule has 142 valence electrons. The molecule has 1 aromatic heterocycles. The highest BCUT2D eigenvalue weighted by molar-refractivity contribution is 14.0. The first-order valence-corrected chi connectivity index (χ1v) is 8.40. The Kier molecular flexibility index (Phi) is 7.78. The molecule has 0 aliphatic rings. The summed E-state index contributed by atoms with van der Waals surface area (Å²) in [7, 11) is 3.72. The molecule has 3 rings (SSSR count). The molecule has 0 radical (unpaired) electrons. The minimum absolute atomic E-state index is 0. The number of nitrogens with one attached hydrogen (secondary N) is 1. The molecule has 0 bridgehead atoms. The zero-order valence-corrected chi connectivity index (χ0v) is 17.7. The van der Waals surface area contributed by atoms with Gasteiger partial charge in [-0.25, -0.2) is 9.37 Å². The van der Waals surface area contributed by atoms with Crippen LogP contribution >= 0.6 is 24.0 Å². The lowest BCUT2D eigenvalue weighted by atomic mass is 10.2. The summed E-state index contributed by atoms with van der Waals surface area (Å²) in [6.07, 6.45) is 4.93. The molecule has 5 nitrogen and oxygen atoms in total. The van der Waals surface area contributed by atoms with Gasteiger partial charge < -0.3 is 14.8 Å². The fraction of sp³-hybridized carbons (Fsp3) is 0.200. The Bertz CT molecular complexity index is 865. The van der Waals surface area contributed by atoms with E-state index in [9.17, 15) is 4.39 Å². The van der Waals surface area contributed by atoms with Crippen molar-refractivity contribution in [3.63, 3.8) is 0 Å². The molecule has 0 unspecified atom stereocenters. The van der Waals surface area contributed by atoms with Crippen molar-refractivity contribution in [3.05, 3.63) is 84.2 Å². The van der Waals surface area contributed by atoms with Crippen molar-refractivity contribution < 1.29 is 4.39 Å². The Labute approximate surface area is 176 Å². The molecule has 0 amide bonds. The van der Waals surface area contributed by atoms with Crippen molar-refractivity contribution in [3.8, 4) is 5.69 Å². The summed E-state index contributed by atoms with van der Waals surface area (Å²) < 4.78 is 16.0. The molecule has 0 spiro atoms. The molecular formula is C20H23FIN5. The van der Waals surface area contributed by atoms with Gasteiger partial charge in [0.1, 0.15) is 5.82 Å². The number of hydrogen-bond acceptors (Lipinski definition) is 2. The average Bonchev–Trinajstić information content (AvgIpc) is 3.17. The van der Waals surface area contributed by atoms with Gasteiger partial charge in [0, 0.05) is 39.6 Å². The third-order valence-electron chi connectivity index (χ3n) is 4.08. The Morgan fingerprint density at radius 1 is 1.19 bits per heavy atom. The predicted molar refractivity (Wildman–Crippen MR) is 117 cm³/mol. The number of aliphatic imine (C=N–C) groups is 1. The van der Waals surface area contributed by atoms with Crippen LogP contribution in [0.4, 0.5) is 4.39 Å². The standard InChI is InChI=1S/C20H22FN5.HI/c1-22-20(25(2)14-16-6-4-3-5-7-16)24-13-17-8-9-19(18(21)12-17)26-11-10-23-15-26;/h3-12,15H,13-14H2,1-2H3,(H,22,24);1H. The SMILES string of the molecule is CN=C(NCc1ccc(-n2ccnc2)c(F)c1)N(C)Cc1ccccc1.I. The fourth-order valence-electron chi connectivity index (χ4n) is 2.77. The lowest BCUT2D eigenvalue weighted by Gasteiger charge is -2.22. The van der Waals surface area contributed by atoms with Gasteiger partial charge in [-0.1, -0.05) is 36.4 Å². The summed E-state index contributed by atoms with van der Waals surface area (Å²) in [5.74, 6) is 0.475. The number of benzene rings is 2. The van der Waals surface area contributed by atoms with Crippen LogP contribution in [0.15, 0.2) is 72.2 Å². The summed E-state index contributed by atoms with van der Waals surface area (Å²) in [4.78, 5) is 10.3. The monoisotopic (exact) mass is 479 g/mol. The molecule has 27 heavy (non-hydrogen) atoms. The summed E-state index contributed by atoms with van der Waals surface area (Å²) in [5, 5.41) is 3.28. The number of hydrogen-bond donors (Lipinski definition) is 1. The molecule has 0 atom stereocenters. The van der Waals surface area contributed by atoms with Crippen LogP contribution in [-0.4, -0.2) is 34.5 Å². The Morgan fingerprint density at radius 2 is 1.96 bits per heavy atom. The van der Waals surface area contributed by atoms with Crippen LogP contribution in [0, 0.1) is 5.82 Å². The highest BCUT2D eigenvalue weighted by Gasteiger charge is 2.09. The second kappa shape index (κ2) is 10.1. The zero-order chi connectivity index (χ0) is 18.4. The summed E-state index contributed by atoms with van der Waals surface area (Å²) >= 11 is 0. The number of aromatic nitrogens is 2. The lowest BCUT2D eigenvalue weighted by molar-refractivity contribution is 0.476. The average molecular weight is 479 g/mol. The van der Waals surface area contributed by atoms with E-state index in [2.05, 4.69) is 27.4 Å². The molecule has 3 aromatic rings. The van der Waals surface area contributed by atoms with E-state index in [1.54, 1.807) is 36.4 Å². The highest BCUT2D eigenvalue weighted by atomic mass is 127. The highest BCUT2D eigenvalue weighted by Crippen LogP contribution is 2.15. The first-order chi connectivity index (χ1) is 12.7. The predicted octanol–water partition coefficient (Wildman–Crippen LogP) is 3.84. The van der Waals surface area contributed by atoms with E-state index in [4.69, 9.17) is 0 Å². The van der Waals surface area contributed by atoms with E-state index in [-0.39, 0.29) is 29.8 Å². The van der Waals surface area contributed by atoms with Gasteiger partial charge >= 0.3 is 0 Å². The Hall–Kier alpha value is -2.42. The van der Waals surface area contributed by atoms with Crippen LogP contribution in [0.25, 0.3) is 5.69 Å². The molecule has 1 heterocycles. The second-order valence-corrected chi connectivity index (χ2v) is 6.00. The van der Waals surface area contributed by atoms with E-state index in [1.807, 2.05) is 36.2 Å². The second-order valence-electron chi connectivity index (χ2n) is 6.00. The number of imidazole rings is 1. The summed E-state index contributed by atoms with van der Waals surface area (Å²) in [6, 6.07) is 15.4. The zero-order valence-electron chi connectivity index (χ0n) is 15.3. The Morgan fingerprint density at radius 3 is 2.59 bits per heavy atom. The number of nitrogens with zero attached hydrogens (tertiary/aromatic N) is 4. The Balaban J connectivity index is 0.00000261. The maximum absolute atomic E-state index is 14.3. The van der Waals surface area contributed by atoms with Gasteiger partial charge in [0.25, 0.3) is 0 Å². The molecule has 0 fully saturated rings. The van der Waals surface area contributed by atoms with Crippen LogP contribution in [-0.2, 0) is 13.1 Å². The normalized spacial score (nSPS) is 11.0. The largest absolute Gasteiger partial charge is 0.352 e. The van der Waals surface area contributed by atoms with Crippen molar-refractivity contribution in [1.29, 1.82) is 0 Å². The molecular weight excluding hydrogens is 456 g/mol. The third-order valence-corrected chi connectivity index (χ3v) is 4.08. The van der Waals surface area contributed by atoms with E-state index < -0.39 is 0 Å². The quantitative estimate of drug-likeness (QED) is 0.344. The smallest absolute Gasteiger partial charge is 0.193 e. The van der Waals surface area contributed by atoms with Gasteiger partial charge in [-0.15, -0.1) is 24.0 Å². The first-order valence-electron chi connectivity index (χ1n) is 8.40. The van der Waals surface area contributed by atoms with Crippen LogP contribution in [0.2, 0.25) is 0 Å². The topological polar surface area (TPSA) is 45.5 Å². The number of guanidine groups is 1. The van der Waals surface area contributed by atoms with Crippen molar-refractivity contribution >= 4 is 29.9 Å².